The lowest BCUT2D eigenvalue weighted by Gasteiger charge is -2.21. The molecule has 1 aromatic rings. The molecule has 0 spiro atoms. The third kappa shape index (κ3) is 5.63. The molecule has 1 rings (SSSR count). The fraction of sp³-hybridized carbons (Fsp3) is 0.812. The van der Waals surface area contributed by atoms with Crippen molar-refractivity contribution < 1.29 is 0 Å². The second kappa shape index (κ2) is 9.14. The van der Waals surface area contributed by atoms with Crippen molar-refractivity contribution in [3.8, 4) is 0 Å². The van der Waals surface area contributed by atoms with Crippen LogP contribution < -0.4 is 5.32 Å². The van der Waals surface area contributed by atoms with E-state index in [-0.39, 0.29) is 0 Å². The zero-order valence-corrected chi connectivity index (χ0v) is 13.9. The first-order valence-electron chi connectivity index (χ1n) is 8.04. The van der Waals surface area contributed by atoms with Gasteiger partial charge in [-0.3, -0.25) is 4.68 Å². The van der Waals surface area contributed by atoms with Gasteiger partial charge in [0.05, 0.1) is 5.69 Å². The smallest absolute Gasteiger partial charge is 0.0624 e. The van der Waals surface area contributed by atoms with E-state index < -0.39 is 0 Å². The summed E-state index contributed by atoms with van der Waals surface area (Å²) in [5.41, 5.74) is 2.58. The van der Waals surface area contributed by atoms with Crippen LogP contribution in [0.1, 0.15) is 45.0 Å². The Kier molecular flexibility index (Phi) is 7.85. The molecule has 0 amide bonds. The average molecular weight is 280 g/mol. The van der Waals surface area contributed by atoms with Crippen molar-refractivity contribution in [1.82, 2.24) is 20.0 Å². The van der Waals surface area contributed by atoms with Crippen LogP contribution in [0, 0.1) is 0 Å². The van der Waals surface area contributed by atoms with Crippen LogP contribution in [-0.4, -0.2) is 47.9 Å². The number of rotatable bonds is 10. The lowest BCUT2D eigenvalue weighted by atomic mass is 10.1. The van der Waals surface area contributed by atoms with Gasteiger partial charge in [-0.25, -0.2) is 0 Å². The SMILES string of the molecule is CCCNC(CCN(C)C)Cc1cc(CC)nn1CC. The molecule has 20 heavy (non-hydrogen) atoms. The molecule has 1 atom stereocenters. The minimum absolute atomic E-state index is 0.545. The summed E-state index contributed by atoms with van der Waals surface area (Å²) < 4.78 is 2.16. The highest BCUT2D eigenvalue weighted by Gasteiger charge is 2.13. The van der Waals surface area contributed by atoms with Gasteiger partial charge in [0.25, 0.3) is 0 Å². The Labute approximate surface area is 124 Å². The van der Waals surface area contributed by atoms with Crippen molar-refractivity contribution in [1.29, 1.82) is 0 Å². The van der Waals surface area contributed by atoms with Crippen LogP contribution in [0.4, 0.5) is 0 Å². The summed E-state index contributed by atoms with van der Waals surface area (Å²) in [4.78, 5) is 2.26. The predicted octanol–water partition coefficient (Wildman–Crippen LogP) is 2.33. The standard InChI is InChI=1S/C16H32N4/c1-6-10-17-15(9-11-19(4)5)13-16-12-14(7-2)18-20(16)8-3/h12,15,17H,6-11,13H2,1-5H3. The van der Waals surface area contributed by atoms with E-state index in [0.29, 0.717) is 6.04 Å². The first-order chi connectivity index (χ1) is 9.60. The Bertz CT molecular complexity index is 371. The van der Waals surface area contributed by atoms with Crippen molar-refractivity contribution in [2.45, 2.75) is 59.0 Å². The van der Waals surface area contributed by atoms with Gasteiger partial charge >= 0.3 is 0 Å². The second-order valence-corrected chi connectivity index (χ2v) is 5.74. The van der Waals surface area contributed by atoms with Crippen molar-refractivity contribution >= 4 is 0 Å². The van der Waals surface area contributed by atoms with Crippen LogP contribution in [0.25, 0.3) is 0 Å². The Morgan fingerprint density at radius 3 is 2.60 bits per heavy atom. The van der Waals surface area contributed by atoms with E-state index in [2.05, 4.69) is 60.9 Å². The van der Waals surface area contributed by atoms with Gasteiger partial charge in [-0.05, 0) is 59.4 Å². The third-order valence-corrected chi connectivity index (χ3v) is 3.64. The second-order valence-electron chi connectivity index (χ2n) is 5.74. The number of aromatic nitrogens is 2. The van der Waals surface area contributed by atoms with Gasteiger partial charge in [0, 0.05) is 24.7 Å². The molecule has 0 bridgehead atoms. The van der Waals surface area contributed by atoms with Crippen molar-refractivity contribution in [2.24, 2.45) is 0 Å². The highest BCUT2D eigenvalue weighted by atomic mass is 15.3. The molecule has 0 saturated carbocycles. The maximum Gasteiger partial charge on any atom is 0.0624 e. The lowest BCUT2D eigenvalue weighted by molar-refractivity contribution is 0.353. The Morgan fingerprint density at radius 1 is 1.30 bits per heavy atom. The highest BCUT2D eigenvalue weighted by molar-refractivity contribution is 5.12. The van der Waals surface area contributed by atoms with Gasteiger partial charge in [-0.1, -0.05) is 13.8 Å². The van der Waals surface area contributed by atoms with Gasteiger partial charge in [0.15, 0.2) is 0 Å². The fourth-order valence-corrected chi connectivity index (χ4v) is 2.42. The Hall–Kier alpha value is -0.870. The quantitative estimate of drug-likeness (QED) is 0.714. The molecule has 1 heterocycles. The third-order valence-electron chi connectivity index (χ3n) is 3.64. The summed E-state index contributed by atoms with van der Waals surface area (Å²) in [6.07, 6.45) is 4.47. The van der Waals surface area contributed by atoms with Gasteiger partial charge in [-0.15, -0.1) is 0 Å². The topological polar surface area (TPSA) is 33.1 Å². The maximum absolute atomic E-state index is 4.65. The van der Waals surface area contributed by atoms with E-state index >= 15 is 0 Å². The van der Waals surface area contributed by atoms with E-state index in [4.69, 9.17) is 0 Å². The number of aryl methyl sites for hydroxylation is 2. The largest absolute Gasteiger partial charge is 0.314 e. The molecule has 4 heteroatoms. The zero-order valence-electron chi connectivity index (χ0n) is 13.9. The Morgan fingerprint density at radius 2 is 2.05 bits per heavy atom. The molecule has 0 radical (unpaired) electrons. The van der Waals surface area contributed by atoms with E-state index in [1.165, 1.54) is 24.2 Å². The molecule has 1 unspecified atom stereocenters. The maximum atomic E-state index is 4.65. The number of nitrogens with zero attached hydrogens (tertiary/aromatic N) is 3. The van der Waals surface area contributed by atoms with Crippen molar-refractivity contribution in [3.63, 3.8) is 0 Å². The average Bonchev–Trinajstić information content (AvgIpc) is 2.83. The molecule has 0 aliphatic heterocycles. The van der Waals surface area contributed by atoms with Crippen LogP contribution in [0.15, 0.2) is 6.07 Å². The summed E-state index contributed by atoms with van der Waals surface area (Å²) in [6.45, 7) is 9.75. The number of nitrogens with one attached hydrogen (secondary N) is 1. The first-order valence-corrected chi connectivity index (χ1v) is 8.04. The predicted molar refractivity (Wildman–Crippen MR) is 86.2 cm³/mol. The van der Waals surface area contributed by atoms with Gasteiger partial charge in [0.2, 0.25) is 0 Å². The van der Waals surface area contributed by atoms with Crippen molar-refractivity contribution in [3.05, 3.63) is 17.5 Å². The van der Waals surface area contributed by atoms with E-state index in [1.54, 1.807) is 0 Å². The number of hydrogen-bond donors (Lipinski definition) is 1. The fourth-order valence-electron chi connectivity index (χ4n) is 2.42. The molecule has 0 saturated heterocycles. The van der Waals surface area contributed by atoms with Crippen LogP contribution in [0.2, 0.25) is 0 Å². The monoisotopic (exact) mass is 280 g/mol. The van der Waals surface area contributed by atoms with Gasteiger partial charge in [-0.2, -0.15) is 5.10 Å². The lowest BCUT2D eigenvalue weighted by Crippen LogP contribution is -2.35. The van der Waals surface area contributed by atoms with E-state index in [1.807, 2.05) is 0 Å². The molecule has 0 aromatic carbocycles. The molecular formula is C16H32N4. The summed E-state index contributed by atoms with van der Waals surface area (Å²) in [7, 11) is 4.28. The molecule has 4 nitrogen and oxygen atoms in total. The van der Waals surface area contributed by atoms with Crippen LogP contribution >= 0.6 is 0 Å². The molecule has 1 N–H and O–H groups in total. The molecule has 116 valence electrons. The van der Waals surface area contributed by atoms with Crippen LogP contribution in [0.3, 0.4) is 0 Å². The van der Waals surface area contributed by atoms with E-state index in [0.717, 1.165) is 32.5 Å². The normalized spacial score (nSPS) is 13.1. The molecule has 1 aromatic heterocycles. The first kappa shape index (κ1) is 17.2. The summed E-state index contributed by atoms with van der Waals surface area (Å²) in [5.74, 6) is 0. The molecule has 0 aliphatic carbocycles. The summed E-state index contributed by atoms with van der Waals surface area (Å²) in [5, 5.41) is 8.34. The summed E-state index contributed by atoms with van der Waals surface area (Å²) in [6, 6.07) is 2.82. The zero-order chi connectivity index (χ0) is 15.0. The van der Waals surface area contributed by atoms with Crippen LogP contribution in [0.5, 0.6) is 0 Å². The highest BCUT2D eigenvalue weighted by Crippen LogP contribution is 2.10. The summed E-state index contributed by atoms with van der Waals surface area (Å²) >= 11 is 0. The number of hydrogen-bond acceptors (Lipinski definition) is 3. The minimum atomic E-state index is 0.545. The van der Waals surface area contributed by atoms with Crippen molar-refractivity contribution in [2.75, 3.05) is 27.2 Å². The molecule has 0 aliphatic rings. The van der Waals surface area contributed by atoms with Gasteiger partial charge < -0.3 is 10.2 Å². The van der Waals surface area contributed by atoms with Gasteiger partial charge in [0.1, 0.15) is 0 Å². The molecular weight excluding hydrogens is 248 g/mol. The Balaban J connectivity index is 2.68. The van der Waals surface area contributed by atoms with E-state index in [9.17, 15) is 0 Å². The molecule has 0 fully saturated rings. The van der Waals surface area contributed by atoms with Crippen LogP contribution in [-0.2, 0) is 19.4 Å². The minimum Gasteiger partial charge on any atom is -0.314 e.